The van der Waals surface area contributed by atoms with Gasteiger partial charge in [-0.2, -0.15) is 0 Å². The minimum atomic E-state index is 0.599. The van der Waals surface area contributed by atoms with Crippen LogP contribution in [0.4, 0.5) is 0 Å². The highest BCUT2D eigenvalue weighted by molar-refractivity contribution is 5.29. The summed E-state index contributed by atoms with van der Waals surface area (Å²) in [5, 5.41) is 3.62. The summed E-state index contributed by atoms with van der Waals surface area (Å²) >= 11 is 0. The van der Waals surface area contributed by atoms with E-state index in [9.17, 15) is 0 Å². The molecule has 3 atom stereocenters. The third-order valence-electron chi connectivity index (χ3n) is 4.37. The van der Waals surface area contributed by atoms with E-state index in [-0.39, 0.29) is 0 Å². The van der Waals surface area contributed by atoms with Gasteiger partial charge in [-0.1, -0.05) is 42.5 Å². The zero-order valence-electron chi connectivity index (χ0n) is 11.0. The Labute approximate surface area is 110 Å². The number of hydrogen-bond donors (Lipinski definition) is 1. The lowest BCUT2D eigenvalue weighted by Gasteiger charge is -2.23. The maximum absolute atomic E-state index is 3.62. The molecule has 0 amide bonds. The van der Waals surface area contributed by atoms with Crippen LogP contribution < -0.4 is 5.32 Å². The summed E-state index contributed by atoms with van der Waals surface area (Å²) in [4.78, 5) is 2.48. The average Bonchev–Trinajstić information content (AvgIpc) is 2.70. The van der Waals surface area contributed by atoms with Gasteiger partial charge in [0.1, 0.15) is 0 Å². The van der Waals surface area contributed by atoms with Crippen LogP contribution in [0.25, 0.3) is 0 Å². The van der Waals surface area contributed by atoms with Crippen LogP contribution in [0.1, 0.15) is 0 Å². The second-order valence-corrected chi connectivity index (χ2v) is 5.70. The maximum Gasteiger partial charge on any atom is 0.0173 e. The Morgan fingerprint density at radius 1 is 1.11 bits per heavy atom. The van der Waals surface area contributed by atoms with E-state index >= 15 is 0 Å². The van der Waals surface area contributed by atoms with Gasteiger partial charge in [0.15, 0.2) is 0 Å². The van der Waals surface area contributed by atoms with Crippen molar-refractivity contribution in [3.8, 4) is 0 Å². The number of rotatable bonds is 0. The van der Waals surface area contributed by atoms with Crippen molar-refractivity contribution in [1.29, 1.82) is 0 Å². The highest BCUT2D eigenvalue weighted by Gasteiger charge is 2.38. The molecule has 2 nitrogen and oxygen atoms in total. The van der Waals surface area contributed by atoms with Crippen LogP contribution in [-0.4, -0.2) is 38.1 Å². The van der Waals surface area contributed by atoms with E-state index in [1.54, 1.807) is 0 Å². The Morgan fingerprint density at radius 2 is 1.94 bits per heavy atom. The maximum atomic E-state index is 3.62. The van der Waals surface area contributed by atoms with Gasteiger partial charge in [0, 0.05) is 25.6 Å². The van der Waals surface area contributed by atoms with Crippen molar-refractivity contribution < 1.29 is 0 Å². The molecule has 2 aliphatic heterocycles. The van der Waals surface area contributed by atoms with Crippen molar-refractivity contribution in [1.82, 2.24) is 10.2 Å². The summed E-state index contributed by atoms with van der Waals surface area (Å²) in [6.07, 6.45) is 15.4. The lowest BCUT2D eigenvalue weighted by atomic mass is 9.80. The number of allylic oxidation sites excluding steroid dienone is 7. The highest BCUT2D eigenvalue weighted by Crippen LogP contribution is 2.35. The number of nitrogens with zero attached hydrogens (tertiary/aromatic N) is 1. The Morgan fingerprint density at radius 3 is 2.89 bits per heavy atom. The van der Waals surface area contributed by atoms with Crippen molar-refractivity contribution in [3.05, 3.63) is 48.1 Å². The van der Waals surface area contributed by atoms with Gasteiger partial charge in [-0.25, -0.2) is 0 Å². The first-order valence-corrected chi connectivity index (χ1v) is 6.94. The lowest BCUT2D eigenvalue weighted by molar-refractivity contribution is 0.365. The topological polar surface area (TPSA) is 15.3 Å². The van der Waals surface area contributed by atoms with Crippen molar-refractivity contribution in [2.24, 2.45) is 17.8 Å². The third kappa shape index (κ3) is 2.36. The fourth-order valence-corrected chi connectivity index (χ4v) is 3.53. The second kappa shape index (κ2) is 5.25. The van der Waals surface area contributed by atoms with Gasteiger partial charge < -0.3 is 10.2 Å². The molecule has 3 aliphatic rings. The predicted octanol–water partition coefficient (Wildman–Crippen LogP) is 1.99. The molecule has 0 aromatic carbocycles. The van der Waals surface area contributed by atoms with E-state index in [1.807, 2.05) is 0 Å². The van der Waals surface area contributed by atoms with E-state index in [1.165, 1.54) is 18.7 Å². The number of likely N-dealkylation sites (tertiary alicyclic amines) is 1. The summed E-state index contributed by atoms with van der Waals surface area (Å²) < 4.78 is 0. The second-order valence-electron chi connectivity index (χ2n) is 5.70. The SMILES string of the molecule is CN1CC2CNC/C3=C/C=C\C=C/C=CC3C2C1. The van der Waals surface area contributed by atoms with Crippen LogP contribution in [0.3, 0.4) is 0 Å². The molecule has 2 heteroatoms. The van der Waals surface area contributed by atoms with Gasteiger partial charge in [-0.3, -0.25) is 0 Å². The molecule has 0 aromatic rings. The molecular weight excluding hydrogens is 220 g/mol. The standard InChI is InChI=1S/C16H22N2/c1-18-11-14-10-17-9-13-7-5-3-2-4-6-8-15(13)16(14)12-18/h2-8,14-17H,9-12H2,1H3/b4-2-,5-3-,8-6?,13-7-. The zero-order chi connectivity index (χ0) is 12.4. The minimum Gasteiger partial charge on any atom is -0.313 e. The molecule has 0 radical (unpaired) electrons. The van der Waals surface area contributed by atoms with E-state index < -0.39 is 0 Å². The van der Waals surface area contributed by atoms with Gasteiger partial charge in [0.05, 0.1) is 0 Å². The largest absolute Gasteiger partial charge is 0.313 e. The molecule has 0 bridgehead atoms. The minimum absolute atomic E-state index is 0.599. The third-order valence-corrected chi connectivity index (χ3v) is 4.37. The molecule has 2 heterocycles. The molecule has 18 heavy (non-hydrogen) atoms. The van der Waals surface area contributed by atoms with Crippen LogP contribution in [-0.2, 0) is 0 Å². The van der Waals surface area contributed by atoms with E-state index in [0.29, 0.717) is 5.92 Å². The van der Waals surface area contributed by atoms with E-state index in [4.69, 9.17) is 0 Å². The molecule has 2 saturated heterocycles. The summed E-state index contributed by atoms with van der Waals surface area (Å²) in [6.45, 7) is 4.67. The monoisotopic (exact) mass is 242 g/mol. The van der Waals surface area contributed by atoms with Crippen LogP contribution in [0.5, 0.6) is 0 Å². The first-order valence-electron chi connectivity index (χ1n) is 6.94. The van der Waals surface area contributed by atoms with Gasteiger partial charge in [-0.15, -0.1) is 0 Å². The molecule has 0 saturated carbocycles. The fraction of sp³-hybridized carbons (Fsp3) is 0.500. The van der Waals surface area contributed by atoms with Gasteiger partial charge in [0.25, 0.3) is 0 Å². The smallest absolute Gasteiger partial charge is 0.0173 e. The molecular formula is C16H22N2. The van der Waals surface area contributed by atoms with E-state index in [2.05, 4.69) is 59.8 Å². The van der Waals surface area contributed by atoms with Crippen LogP contribution in [0, 0.1) is 17.8 Å². The van der Waals surface area contributed by atoms with Crippen molar-refractivity contribution in [2.75, 3.05) is 33.2 Å². The first-order chi connectivity index (χ1) is 8.84. The van der Waals surface area contributed by atoms with Crippen LogP contribution in [0.2, 0.25) is 0 Å². The molecule has 3 rings (SSSR count). The molecule has 2 fully saturated rings. The van der Waals surface area contributed by atoms with Gasteiger partial charge >= 0.3 is 0 Å². The first kappa shape index (κ1) is 11.9. The Kier molecular flexibility index (Phi) is 3.48. The van der Waals surface area contributed by atoms with Crippen molar-refractivity contribution in [3.63, 3.8) is 0 Å². The summed E-state index contributed by atoms with van der Waals surface area (Å²) in [5.41, 5.74) is 1.54. The quantitative estimate of drug-likeness (QED) is 0.699. The molecule has 3 unspecified atom stereocenters. The van der Waals surface area contributed by atoms with E-state index in [0.717, 1.165) is 24.9 Å². The van der Waals surface area contributed by atoms with Gasteiger partial charge in [0.2, 0.25) is 0 Å². The molecule has 0 spiro atoms. The average molecular weight is 242 g/mol. The number of hydrogen-bond acceptors (Lipinski definition) is 2. The van der Waals surface area contributed by atoms with Gasteiger partial charge in [-0.05, 0) is 31.0 Å². The Balaban J connectivity index is 1.93. The summed E-state index contributed by atoms with van der Waals surface area (Å²) in [7, 11) is 2.25. The fourth-order valence-electron chi connectivity index (χ4n) is 3.53. The van der Waals surface area contributed by atoms with Crippen LogP contribution >= 0.6 is 0 Å². The normalized spacial score (nSPS) is 42.5. The zero-order valence-corrected chi connectivity index (χ0v) is 11.0. The Hall–Kier alpha value is -1.12. The lowest BCUT2D eigenvalue weighted by Crippen LogP contribution is -2.25. The molecule has 1 aliphatic carbocycles. The molecule has 0 aromatic heterocycles. The highest BCUT2D eigenvalue weighted by atomic mass is 15.1. The van der Waals surface area contributed by atoms with Crippen LogP contribution in [0.15, 0.2) is 48.1 Å². The summed E-state index contributed by atoms with van der Waals surface area (Å²) in [6, 6.07) is 0. The molecule has 96 valence electrons. The van der Waals surface area contributed by atoms with Crippen molar-refractivity contribution in [2.45, 2.75) is 0 Å². The van der Waals surface area contributed by atoms with Crippen molar-refractivity contribution >= 4 is 0 Å². The number of fused-ring (bicyclic) bond motifs is 3. The number of nitrogens with one attached hydrogen (secondary N) is 1. The Bertz CT molecular complexity index is 417. The molecule has 1 N–H and O–H groups in total. The summed E-state index contributed by atoms with van der Waals surface area (Å²) in [5.74, 6) is 2.17. The predicted molar refractivity (Wildman–Crippen MR) is 76.3 cm³/mol.